The van der Waals surface area contributed by atoms with Crippen LogP contribution in [0.15, 0.2) is 29.2 Å². The van der Waals surface area contributed by atoms with Gasteiger partial charge in [-0.1, -0.05) is 6.92 Å². The second kappa shape index (κ2) is 7.50. The van der Waals surface area contributed by atoms with Crippen molar-refractivity contribution in [1.82, 2.24) is 5.32 Å². The number of carbonyl (C=O) groups is 1. The Morgan fingerprint density at radius 3 is 2.53 bits per heavy atom. The van der Waals surface area contributed by atoms with Crippen molar-refractivity contribution in [2.75, 3.05) is 12.8 Å². The van der Waals surface area contributed by atoms with Crippen molar-refractivity contribution < 1.29 is 14.3 Å². The summed E-state index contributed by atoms with van der Waals surface area (Å²) in [6.45, 7) is 1.87. The molecular weight excluding hydrogens is 265 g/mol. The van der Waals surface area contributed by atoms with E-state index in [0.717, 1.165) is 17.1 Å². The molecule has 1 unspecified atom stereocenters. The number of carboxylic acid groups (broad SMARTS) is 1. The highest BCUT2D eigenvalue weighted by Crippen LogP contribution is 2.23. The Bertz CT molecular complexity index is 404. The molecule has 0 fully saturated rings. The summed E-state index contributed by atoms with van der Waals surface area (Å²) in [4.78, 5) is 12.3. The highest BCUT2D eigenvalue weighted by atomic mass is 32.2. The number of hydrogen-bond acceptors (Lipinski definition) is 3. The van der Waals surface area contributed by atoms with Crippen LogP contribution in [0.25, 0.3) is 0 Å². The van der Waals surface area contributed by atoms with E-state index in [0.29, 0.717) is 12.8 Å². The van der Waals surface area contributed by atoms with E-state index in [4.69, 9.17) is 0 Å². The molecule has 0 radical (unpaired) electrons. The first-order chi connectivity index (χ1) is 9.04. The summed E-state index contributed by atoms with van der Waals surface area (Å²) in [6, 6.07) is 6.34. The normalized spacial score (nSPS) is 14.1. The molecule has 1 aromatic carbocycles. The Labute approximate surface area is 117 Å². The van der Waals surface area contributed by atoms with Crippen LogP contribution in [-0.2, 0) is 4.79 Å². The highest BCUT2D eigenvalue weighted by Gasteiger charge is 2.33. The van der Waals surface area contributed by atoms with Crippen molar-refractivity contribution in [2.24, 2.45) is 0 Å². The van der Waals surface area contributed by atoms with Crippen molar-refractivity contribution in [3.8, 4) is 0 Å². The third kappa shape index (κ3) is 4.51. The molecule has 5 heteroatoms. The zero-order chi connectivity index (χ0) is 14.3. The predicted octanol–water partition coefficient (Wildman–Crippen LogP) is 3.15. The smallest absolute Gasteiger partial charge is 0.323 e. The van der Waals surface area contributed by atoms with Crippen LogP contribution >= 0.6 is 11.8 Å². The van der Waals surface area contributed by atoms with Gasteiger partial charge in [0, 0.05) is 4.90 Å². The molecule has 1 aromatic rings. The molecule has 0 bridgehead atoms. The zero-order valence-electron chi connectivity index (χ0n) is 11.3. The van der Waals surface area contributed by atoms with E-state index in [2.05, 4.69) is 5.32 Å². The summed E-state index contributed by atoms with van der Waals surface area (Å²) < 4.78 is 12.7. The van der Waals surface area contributed by atoms with E-state index < -0.39 is 11.5 Å². The summed E-state index contributed by atoms with van der Waals surface area (Å²) in [6.07, 6.45) is 1.94. The second-order valence-electron chi connectivity index (χ2n) is 4.40. The quantitative estimate of drug-likeness (QED) is 0.569. The number of rotatable bonds is 8. The standard InChI is InChI=1S/C14H20FNO2S/c1-3-14(16-2,13(17)18)9-4-10-19-12-7-5-11(15)6-8-12/h5-8,16H,3-4,9-10H2,1-2H3,(H,17,18). The van der Waals surface area contributed by atoms with Crippen LogP contribution in [0.4, 0.5) is 4.39 Å². The van der Waals surface area contributed by atoms with Crippen LogP contribution in [0, 0.1) is 5.82 Å². The topological polar surface area (TPSA) is 49.3 Å². The third-order valence-electron chi connectivity index (χ3n) is 3.32. The van der Waals surface area contributed by atoms with E-state index in [1.165, 1.54) is 12.1 Å². The average Bonchev–Trinajstić information content (AvgIpc) is 2.41. The fourth-order valence-electron chi connectivity index (χ4n) is 1.94. The molecular formula is C14H20FNO2S. The Morgan fingerprint density at radius 1 is 1.42 bits per heavy atom. The first-order valence-electron chi connectivity index (χ1n) is 6.35. The van der Waals surface area contributed by atoms with Crippen molar-refractivity contribution in [2.45, 2.75) is 36.6 Å². The summed E-state index contributed by atoms with van der Waals surface area (Å²) in [5.74, 6) is -0.220. The lowest BCUT2D eigenvalue weighted by atomic mass is 9.91. The van der Waals surface area contributed by atoms with Gasteiger partial charge in [0.15, 0.2) is 0 Å². The van der Waals surface area contributed by atoms with E-state index in [9.17, 15) is 14.3 Å². The van der Waals surface area contributed by atoms with Gasteiger partial charge in [-0.2, -0.15) is 0 Å². The number of halogens is 1. The molecule has 0 heterocycles. The maximum atomic E-state index is 12.7. The average molecular weight is 285 g/mol. The molecule has 0 amide bonds. The zero-order valence-corrected chi connectivity index (χ0v) is 12.1. The number of thioether (sulfide) groups is 1. The van der Waals surface area contributed by atoms with Crippen LogP contribution < -0.4 is 5.32 Å². The van der Waals surface area contributed by atoms with Crippen LogP contribution in [0.3, 0.4) is 0 Å². The lowest BCUT2D eigenvalue weighted by Gasteiger charge is -2.27. The molecule has 0 aromatic heterocycles. The van der Waals surface area contributed by atoms with Gasteiger partial charge in [0.05, 0.1) is 0 Å². The number of hydrogen-bond donors (Lipinski definition) is 2. The molecule has 0 aliphatic carbocycles. The Hall–Kier alpha value is -1.07. The summed E-state index contributed by atoms with van der Waals surface area (Å²) >= 11 is 1.62. The van der Waals surface area contributed by atoms with E-state index in [1.807, 2.05) is 6.92 Å². The Morgan fingerprint density at radius 2 is 2.05 bits per heavy atom. The van der Waals surface area contributed by atoms with Gasteiger partial charge in [0.25, 0.3) is 0 Å². The number of aliphatic carboxylic acids is 1. The summed E-state index contributed by atoms with van der Waals surface area (Å²) in [7, 11) is 1.69. The van der Waals surface area contributed by atoms with E-state index >= 15 is 0 Å². The minimum atomic E-state index is -0.830. The lowest BCUT2D eigenvalue weighted by Crippen LogP contribution is -2.49. The van der Waals surface area contributed by atoms with Crippen molar-refractivity contribution in [3.63, 3.8) is 0 Å². The van der Waals surface area contributed by atoms with Crippen LogP contribution in [0.1, 0.15) is 26.2 Å². The van der Waals surface area contributed by atoms with Gasteiger partial charge >= 0.3 is 5.97 Å². The van der Waals surface area contributed by atoms with Crippen molar-refractivity contribution in [3.05, 3.63) is 30.1 Å². The first kappa shape index (κ1) is 16.0. The minimum absolute atomic E-state index is 0.240. The molecule has 0 spiro atoms. The minimum Gasteiger partial charge on any atom is -0.480 e. The lowest BCUT2D eigenvalue weighted by molar-refractivity contribution is -0.145. The van der Waals surface area contributed by atoms with Gasteiger partial charge in [-0.15, -0.1) is 11.8 Å². The third-order valence-corrected chi connectivity index (χ3v) is 4.42. The number of nitrogens with one attached hydrogen (secondary N) is 1. The maximum absolute atomic E-state index is 12.7. The Kier molecular flexibility index (Phi) is 6.31. The highest BCUT2D eigenvalue weighted by molar-refractivity contribution is 7.99. The monoisotopic (exact) mass is 285 g/mol. The van der Waals surface area contributed by atoms with Crippen LogP contribution in [-0.4, -0.2) is 29.4 Å². The number of benzene rings is 1. The van der Waals surface area contributed by atoms with Crippen LogP contribution in [0.2, 0.25) is 0 Å². The number of carboxylic acids is 1. The molecule has 2 N–H and O–H groups in total. The fraction of sp³-hybridized carbons (Fsp3) is 0.500. The molecule has 3 nitrogen and oxygen atoms in total. The first-order valence-corrected chi connectivity index (χ1v) is 7.33. The SMILES string of the molecule is CCC(CCCSc1ccc(F)cc1)(NC)C(=O)O. The maximum Gasteiger partial charge on any atom is 0.323 e. The van der Waals surface area contributed by atoms with Crippen LogP contribution in [0.5, 0.6) is 0 Å². The van der Waals surface area contributed by atoms with Gasteiger partial charge in [0.2, 0.25) is 0 Å². The van der Waals surface area contributed by atoms with Gasteiger partial charge in [-0.25, -0.2) is 4.39 Å². The largest absolute Gasteiger partial charge is 0.480 e. The summed E-state index contributed by atoms with van der Waals surface area (Å²) in [5, 5.41) is 12.2. The summed E-state index contributed by atoms with van der Waals surface area (Å²) in [5.41, 5.74) is -0.830. The van der Waals surface area contributed by atoms with Gasteiger partial charge in [-0.05, 0) is 56.3 Å². The molecule has 0 saturated carbocycles. The van der Waals surface area contributed by atoms with Gasteiger partial charge in [-0.3, -0.25) is 4.79 Å². The molecule has 1 rings (SSSR count). The number of likely N-dealkylation sites (N-methyl/N-ethyl adjacent to an activating group) is 1. The van der Waals surface area contributed by atoms with Gasteiger partial charge < -0.3 is 10.4 Å². The molecule has 106 valence electrons. The molecule has 0 saturated heterocycles. The molecule has 1 atom stereocenters. The van der Waals surface area contributed by atoms with E-state index in [-0.39, 0.29) is 5.82 Å². The molecule has 0 aliphatic heterocycles. The second-order valence-corrected chi connectivity index (χ2v) is 5.57. The molecule has 0 aliphatic rings. The van der Waals surface area contributed by atoms with Gasteiger partial charge in [0.1, 0.15) is 11.4 Å². The van der Waals surface area contributed by atoms with E-state index in [1.54, 1.807) is 30.9 Å². The molecule has 19 heavy (non-hydrogen) atoms. The fourth-order valence-corrected chi connectivity index (χ4v) is 2.79. The van der Waals surface area contributed by atoms with Crippen molar-refractivity contribution >= 4 is 17.7 Å². The van der Waals surface area contributed by atoms with Crippen molar-refractivity contribution in [1.29, 1.82) is 0 Å². The predicted molar refractivity (Wildman–Crippen MR) is 76.1 cm³/mol. The Balaban J connectivity index is 2.41.